The van der Waals surface area contributed by atoms with Gasteiger partial charge in [0.15, 0.2) is 16.6 Å². The molecule has 0 N–H and O–H groups in total. The van der Waals surface area contributed by atoms with Gasteiger partial charge in [-0.1, -0.05) is 83.1 Å². The van der Waals surface area contributed by atoms with Gasteiger partial charge in [0, 0.05) is 20.1 Å². The number of hydroxylamine groups is 2. The van der Waals surface area contributed by atoms with Crippen molar-refractivity contribution in [3.63, 3.8) is 0 Å². The lowest BCUT2D eigenvalue weighted by molar-refractivity contribution is -0.175. The summed E-state index contributed by atoms with van der Waals surface area (Å²) in [5.74, 6) is -1.37. The molecule has 0 spiro atoms. The predicted octanol–water partition coefficient (Wildman–Crippen LogP) is 6.97. The van der Waals surface area contributed by atoms with Gasteiger partial charge in [0.1, 0.15) is 11.7 Å². The molecule has 0 fully saturated rings. The number of Topliss-reactive ketones (excluding diaryl/α,β-unsaturated/α-hetero) is 1. The molecule has 6 nitrogen and oxygen atoms in total. The second kappa shape index (κ2) is 14.3. The molecule has 0 heterocycles. The number of hydrogen-bond donors (Lipinski definition) is 0. The first-order valence-electron chi connectivity index (χ1n) is 13.2. The molecule has 0 unspecified atom stereocenters. The summed E-state index contributed by atoms with van der Waals surface area (Å²) >= 11 is 0. The Kier molecular flexibility index (Phi) is 14.0. The van der Waals surface area contributed by atoms with E-state index >= 15 is 0 Å². The predicted molar refractivity (Wildman–Crippen MR) is 147 cm³/mol. The van der Waals surface area contributed by atoms with E-state index in [1.54, 1.807) is 7.05 Å². The first-order valence-corrected chi connectivity index (χ1v) is 17.4. The van der Waals surface area contributed by atoms with Crippen molar-refractivity contribution in [1.29, 1.82) is 0 Å². The monoisotopic (exact) mass is 517 g/mol. The zero-order valence-corrected chi connectivity index (χ0v) is 26.7. The lowest BCUT2D eigenvalue weighted by atomic mass is 10.0. The molecule has 0 saturated carbocycles. The van der Waals surface area contributed by atoms with Crippen LogP contribution in [0, 0.1) is 5.92 Å². The van der Waals surface area contributed by atoms with Crippen molar-refractivity contribution < 1.29 is 23.3 Å². The topological polar surface area (TPSA) is 65.1 Å². The van der Waals surface area contributed by atoms with E-state index in [0.717, 1.165) is 5.06 Å². The molecule has 0 aromatic carbocycles. The number of carbonyl (C=O) groups excluding carboxylic acids is 2. The zero-order valence-electron chi connectivity index (χ0n) is 24.7. The quantitative estimate of drug-likeness (QED) is 0.126. The highest BCUT2D eigenvalue weighted by molar-refractivity contribution is 6.78. The van der Waals surface area contributed by atoms with E-state index < -0.39 is 22.6 Å². The van der Waals surface area contributed by atoms with Gasteiger partial charge in [-0.25, -0.2) is 5.06 Å². The third-order valence-electron chi connectivity index (χ3n) is 7.89. The maximum atomic E-state index is 13.4. The maximum absolute atomic E-state index is 13.4. The minimum atomic E-state index is -2.22. The Hall–Kier alpha value is -0.546. The van der Waals surface area contributed by atoms with Crippen LogP contribution in [0.15, 0.2) is 0 Å². The van der Waals surface area contributed by atoms with Crippen LogP contribution in [-0.2, 0) is 23.3 Å². The highest BCUT2D eigenvalue weighted by atomic mass is 28.4. The molecular formula is C26H55NO5Si2. The summed E-state index contributed by atoms with van der Waals surface area (Å²) in [6, 6.07) is 0. The fourth-order valence-electron chi connectivity index (χ4n) is 6.34. The van der Waals surface area contributed by atoms with Crippen molar-refractivity contribution >= 4 is 28.3 Å². The van der Waals surface area contributed by atoms with Crippen LogP contribution >= 0.6 is 0 Å². The minimum Gasteiger partial charge on any atom is -0.416 e. The zero-order chi connectivity index (χ0) is 27.0. The summed E-state index contributed by atoms with van der Waals surface area (Å²) in [6.07, 6.45) is 0.206. The molecule has 0 aromatic heterocycles. The fourth-order valence-corrected chi connectivity index (χ4v) is 17.3. The van der Waals surface area contributed by atoms with Gasteiger partial charge in [-0.2, -0.15) is 0 Å². The van der Waals surface area contributed by atoms with Crippen LogP contribution in [-0.4, -0.2) is 60.8 Å². The molecule has 0 radical (unpaired) electrons. The van der Waals surface area contributed by atoms with Crippen LogP contribution in [0.4, 0.5) is 0 Å². The van der Waals surface area contributed by atoms with E-state index in [-0.39, 0.29) is 24.7 Å². The van der Waals surface area contributed by atoms with E-state index in [1.807, 2.05) is 0 Å². The van der Waals surface area contributed by atoms with Crippen LogP contribution in [0.2, 0.25) is 33.2 Å². The van der Waals surface area contributed by atoms with E-state index in [2.05, 4.69) is 83.1 Å². The molecule has 0 aliphatic heterocycles. The van der Waals surface area contributed by atoms with Crippen LogP contribution in [0.1, 0.15) is 89.5 Å². The average Bonchev–Trinajstić information content (AvgIpc) is 2.71. The number of hydrogen-bond acceptors (Lipinski definition) is 5. The van der Waals surface area contributed by atoms with Gasteiger partial charge in [0.25, 0.3) is 5.91 Å². The molecule has 34 heavy (non-hydrogen) atoms. The third kappa shape index (κ3) is 7.48. The van der Waals surface area contributed by atoms with Crippen molar-refractivity contribution in [3.05, 3.63) is 0 Å². The summed E-state index contributed by atoms with van der Waals surface area (Å²) in [6.45, 7) is 27.1. The van der Waals surface area contributed by atoms with Gasteiger partial charge in [0.05, 0.1) is 13.7 Å². The number of rotatable bonds is 16. The normalized spacial score (nSPS) is 14.2. The van der Waals surface area contributed by atoms with Gasteiger partial charge in [0.2, 0.25) is 0 Å². The van der Waals surface area contributed by atoms with E-state index in [4.69, 9.17) is 13.7 Å². The Morgan fingerprint density at radius 2 is 1.03 bits per heavy atom. The Morgan fingerprint density at radius 3 is 1.35 bits per heavy atom. The molecule has 202 valence electrons. The molecular weight excluding hydrogens is 462 g/mol. The van der Waals surface area contributed by atoms with Crippen molar-refractivity contribution in [2.24, 2.45) is 5.92 Å². The van der Waals surface area contributed by atoms with Crippen LogP contribution in [0.3, 0.4) is 0 Å². The molecule has 1 amide bonds. The Bertz CT molecular complexity index is 591. The number of ketones is 1. The Labute approximate surface area is 212 Å². The van der Waals surface area contributed by atoms with Crippen LogP contribution in [0.5, 0.6) is 0 Å². The molecule has 0 aliphatic carbocycles. The molecule has 0 aromatic rings. The van der Waals surface area contributed by atoms with E-state index in [9.17, 15) is 9.59 Å². The summed E-state index contributed by atoms with van der Waals surface area (Å²) in [7, 11) is -1.31. The van der Waals surface area contributed by atoms with Gasteiger partial charge < -0.3 is 8.85 Å². The number of amides is 1. The smallest absolute Gasteiger partial charge is 0.258 e. The van der Waals surface area contributed by atoms with Crippen LogP contribution < -0.4 is 0 Å². The highest BCUT2D eigenvalue weighted by Crippen LogP contribution is 2.43. The fraction of sp³-hybridized carbons (Fsp3) is 0.923. The second-order valence-corrected chi connectivity index (χ2v) is 22.5. The molecule has 0 bridgehead atoms. The van der Waals surface area contributed by atoms with Gasteiger partial charge in [-0.05, 0) is 33.2 Å². The molecule has 0 saturated heterocycles. The number of carbonyl (C=O) groups is 2. The minimum absolute atomic E-state index is 0.104. The highest BCUT2D eigenvalue weighted by Gasteiger charge is 2.47. The number of nitrogens with zero attached hydrogens (tertiary/aromatic N) is 1. The Morgan fingerprint density at radius 1 is 0.676 bits per heavy atom. The van der Waals surface area contributed by atoms with Crippen molar-refractivity contribution in [2.45, 2.75) is 123 Å². The van der Waals surface area contributed by atoms with Crippen molar-refractivity contribution in [2.75, 3.05) is 27.4 Å². The summed E-state index contributed by atoms with van der Waals surface area (Å²) in [5, 5.41) is 1.14. The molecule has 1 atom stereocenters. The largest absolute Gasteiger partial charge is 0.416 e. The van der Waals surface area contributed by atoms with Crippen molar-refractivity contribution in [3.8, 4) is 0 Å². The SMILES string of the molecule is CON(C)C(=O)[C@H](CO[Si](C(C)C)(C(C)C)C(C)C)C(=O)CCO[Si](C(C)C)(C(C)C)C(C)C. The first kappa shape index (κ1) is 33.5. The summed E-state index contributed by atoms with van der Waals surface area (Å²) in [4.78, 5) is 31.6. The van der Waals surface area contributed by atoms with Gasteiger partial charge >= 0.3 is 0 Å². The van der Waals surface area contributed by atoms with E-state index in [0.29, 0.717) is 39.9 Å². The Balaban J connectivity index is 5.77. The molecule has 0 rings (SSSR count). The maximum Gasteiger partial charge on any atom is 0.258 e. The van der Waals surface area contributed by atoms with Crippen LogP contribution in [0.25, 0.3) is 0 Å². The summed E-state index contributed by atoms with van der Waals surface area (Å²) < 4.78 is 13.2. The standard InChI is InChI=1S/C26H55NO5Si2/c1-18(2)33(19(3)4,20(5)6)31-16-15-25(28)24(26(29)27(13)30-14)17-32-34(21(7)8,22(9)10)23(11)12/h18-24H,15-17H2,1-14H3/t24-/m1/s1. The van der Waals surface area contributed by atoms with Crippen molar-refractivity contribution in [1.82, 2.24) is 5.06 Å². The van der Waals surface area contributed by atoms with Gasteiger partial charge in [-0.3, -0.25) is 14.4 Å². The lowest BCUT2D eigenvalue weighted by Crippen LogP contribution is -2.51. The van der Waals surface area contributed by atoms with E-state index in [1.165, 1.54) is 7.11 Å². The second-order valence-electron chi connectivity index (χ2n) is 11.6. The third-order valence-corrected chi connectivity index (χ3v) is 20.1. The summed E-state index contributed by atoms with van der Waals surface area (Å²) in [5.41, 5.74) is 2.44. The average molecular weight is 518 g/mol. The molecule has 0 aliphatic rings. The lowest BCUT2D eigenvalue weighted by Gasteiger charge is -2.43. The molecule has 8 heteroatoms. The van der Waals surface area contributed by atoms with Gasteiger partial charge in [-0.15, -0.1) is 0 Å². The first-order chi connectivity index (χ1) is 15.5.